The van der Waals surface area contributed by atoms with E-state index in [1.54, 1.807) is 10.4 Å². The Bertz CT molecular complexity index is 851. The monoisotopic (exact) mass is 392 g/mol. The second kappa shape index (κ2) is 8.82. The zero-order valence-electron chi connectivity index (χ0n) is 15.5. The van der Waals surface area contributed by atoms with Gasteiger partial charge in [-0.05, 0) is 29.7 Å². The number of aryl methyl sites for hydroxylation is 1. The molecule has 5 nitrogen and oxygen atoms in total. The van der Waals surface area contributed by atoms with Gasteiger partial charge in [0.1, 0.15) is 0 Å². The van der Waals surface area contributed by atoms with Gasteiger partial charge in [-0.25, -0.2) is 12.8 Å². The lowest BCUT2D eigenvalue weighted by Gasteiger charge is -2.34. The second-order valence-corrected chi connectivity index (χ2v) is 8.78. The molecule has 1 fully saturated rings. The van der Waals surface area contributed by atoms with Crippen molar-refractivity contribution in [1.29, 1.82) is 0 Å². The SMILES string of the molecule is COc1ccc(CN2CCN(S(=O)(=O)CCc3ccccc3)CC2)cc1F. The van der Waals surface area contributed by atoms with Crippen LogP contribution in [0.25, 0.3) is 0 Å². The molecule has 27 heavy (non-hydrogen) atoms. The summed E-state index contributed by atoms with van der Waals surface area (Å²) in [6.45, 7) is 2.81. The van der Waals surface area contributed by atoms with E-state index >= 15 is 0 Å². The predicted molar refractivity (Wildman–Crippen MR) is 104 cm³/mol. The van der Waals surface area contributed by atoms with E-state index < -0.39 is 10.0 Å². The molecule has 1 saturated heterocycles. The van der Waals surface area contributed by atoms with Gasteiger partial charge in [-0.3, -0.25) is 4.90 Å². The summed E-state index contributed by atoms with van der Waals surface area (Å²) in [6.07, 6.45) is 0.522. The number of ether oxygens (including phenoxy) is 1. The van der Waals surface area contributed by atoms with Crippen molar-refractivity contribution < 1.29 is 17.5 Å². The number of halogens is 1. The van der Waals surface area contributed by atoms with Gasteiger partial charge >= 0.3 is 0 Å². The lowest BCUT2D eigenvalue weighted by Crippen LogP contribution is -2.49. The molecule has 1 aliphatic rings. The lowest BCUT2D eigenvalue weighted by atomic mass is 10.2. The molecule has 0 amide bonds. The van der Waals surface area contributed by atoms with Gasteiger partial charge < -0.3 is 4.74 Å². The number of methoxy groups -OCH3 is 1. The molecule has 2 aromatic rings. The average Bonchev–Trinajstić information content (AvgIpc) is 2.68. The van der Waals surface area contributed by atoms with Gasteiger partial charge in [-0.15, -0.1) is 0 Å². The Hall–Kier alpha value is -1.96. The molecule has 1 heterocycles. The van der Waals surface area contributed by atoms with Gasteiger partial charge in [0.05, 0.1) is 12.9 Å². The van der Waals surface area contributed by atoms with Gasteiger partial charge in [0.2, 0.25) is 10.0 Å². The van der Waals surface area contributed by atoms with Crippen molar-refractivity contribution in [2.45, 2.75) is 13.0 Å². The molecule has 0 unspecified atom stereocenters. The first-order valence-electron chi connectivity index (χ1n) is 9.04. The van der Waals surface area contributed by atoms with E-state index in [-0.39, 0.29) is 17.3 Å². The Morgan fingerprint density at radius 2 is 1.70 bits per heavy atom. The van der Waals surface area contributed by atoms with Crippen molar-refractivity contribution in [2.24, 2.45) is 0 Å². The predicted octanol–water partition coefficient (Wildman–Crippen LogP) is 2.52. The Kier molecular flexibility index (Phi) is 6.46. The van der Waals surface area contributed by atoms with Gasteiger partial charge in [0.25, 0.3) is 0 Å². The topological polar surface area (TPSA) is 49.9 Å². The van der Waals surface area contributed by atoms with E-state index in [0.717, 1.165) is 11.1 Å². The Morgan fingerprint density at radius 3 is 2.33 bits per heavy atom. The van der Waals surface area contributed by atoms with Crippen molar-refractivity contribution in [1.82, 2.24) is 9.21 Å². The van der Waals surface area contributed by atoms with Crippen molar-refractivity contribution in [2.75, 3.05) is 39.0 Å². The fraction of sp³-hybridized carbons (Fsp3) is 0.400. The first kappa shape index (κ1) is 19.8. The van der Waals surface area contributed by atoms with E-state index in [2.05, 4.69) is 4.90 Å². The highest BCUT2D eigenvalue weighted by Gasteiger charge is 2.26. The van der Waals surface area contributed by atoms with Crippen molar-refractivity contribution in [3.63, 3.8) is 0 Å². The van der Waals surface area contributed by atoms with E-state index in [0.29, 0.717) is 39.1 Å². The van der Waals surface area contributed by atoms with Crippen LogP contribution >= 0.6 is 0 Å². The van der Waals surface area contributed by atoms with E-state index in [9.17, 15) is 12.8 Å². The van der Waals surface area contributed by atoms with Crippen LogP contribution in [0.3, 0.4) is 0 Å². The van der Waals surface area contributed by atoms with Gasteiger partial charge in [0.15, 0.2) is 11.6 Å². The van der Waals surface area contributed by atoms with Gasteiger partial charge in [0, 0.05) is 32.7 Å². The van der Waals surface area contributed by atoms with Crippen LogP contribution < -0.4 is 4.74 Å². The number of hydrogen-bond acceptors (Lipinski definition) is 4. The fourth-order valence-corrected chi connectivity index (χ4v) is 4.72. The normalized spacial score (nSPS) is 16.4. The minimum absolute atomic E-state index is 0.126. The van der Waals surface area contributed by atoms with E-state index in [1.807, 2.05) is 36.4 Å². The van der Waals surface area contributed by atoms with Gasteiger partial charge in [-0.2, -0.15) is 4.31 Å². The molecule has 146 valence electrons. The highest BCUT2D eigenvalue weighted by atomic mass is 32.2. The summed E-state index contributed by atoms with van der Waals surface area (Å²) < 4.78 is 45.5. The highest BCUT2D eigenvalue weighted by Crippen LogP contribution is 2.19. The van der Waals surface area contributed by atoms with Crippen LogP contribution in [0.15, 0.2) is 48.5 Å². The van der Waals surface area contributed by atoms with Crippen LogP contribution in [-0.2, 0) is 23.0 Å². The molecule has 0 spiro atoms. The molecule has 0 atom stereocenters. The quantitative estimate of drug-likeness (QED) is 0.727. The summed E-state index contributed by atoms with van der Waals surface area (Å²) in [6, 6.07) is 14.6. The molecular formula is C20H25FN2O3S. The first-order chi connectivity index (χ1) is 13.0. The zero-order valence-corrected chi connectivity index (χ0v) is 16.3. The van der Waals surface area contributed by atoms with Crippen LogP contribution in [0.5, 0.6) is 5.75 Å². The standard InChI is InChI=1S/C20H25FN2O3S/c1-26-20-8-7-18(15-19(20)21)16-22-10-12-23(13-11-22)27(24,25)14-9-17-5-3-2-4-6-17/h2-8,15H,9-14,16H2,1H3. The van der Waals surface area contributed by atoms with Crippen molar-refractivity contribution in [3.05, 3.63) is 65.5 Å². The minimum atomic E-state index is -3.26. The molecule has 0 aliphatic carbocycles. The number of nitrogens with zero attached hydrogens (tertiary/aromatic N) is 2. The third-order valence-corrected chi connectivity index (χ3v) is 6.71. The number of piperazine rings is 1. The van der Waals surface area contributed by atoms with Crippen molar-refractivity contribution >= 4 is 10.0 Å². The Morgan fingerprint density at radius 1 is 1.00 bits per heavy atom. The largest absolute Gasteiger partial charge is 0.494 e. The summed E-state index contributed by atoms with van der Waals surface area (Å²) in [5, 5.41) is 0. The number of rotatable bonds is 7. The number of benzene rings is 2. The Labute approximate surface area is 160 Å². The Balaban J connectivity index is 1.51. The molecule has 0 N–H and O–H groups in total. The molecule has 1 aliphatic heterocycles. The maximum absolute atomic E-state index is 13.8. The molecule has 0 saturated carbocycles. The summed E-state index contributed by atoms with van der Waals surface area (Å²) in [7, 11) is -1.82. The van der Waals surface area contributed by atoms with Crippen molar-refractivity contribution in [3.8, 4) is 5.75 Å². The summed E-state index contributed by atoms with van der Waals surface area (Å²) in [4.78, 5) is 2.14. The molecule has 7 heteroatoms. The smallest absolute Gasteiger partial charge is 0.214 e. The van der Waals surface area contributed by atoms with E-state index in [1.165, 1.54) is 13.2 Å². The molecule has 0 radical (unpaired) electrons. The highest BCUT2D eigenvalue weighted by molar-refractivity contribution is 7.89. The maximum atomic E-state index is 13.8. The third kappa shape index (κ3) is 5.28. The third-order valence-electron chi connectivity index (χ3n) is 4.84. The van der Waals surface area contributed by atoms with Crippen LogP contribution in [0.2, 0.25) is 0 Å². The first-order valence-corrected chi connectivity index (χ1v) is 10.7. The maximum Gasteiger partial charge on any atom is 0.214 e. The lowest BCUT2D eigenvalue weighted by molar-refractivity contribution is 0.181. The van der Waals surface area contributed by atoms with E-state index in [4.69, 9.17) is 4.74 Å². The van der Waals surface area contributed by atoms with Crippen LogP contribution in [0.4, 0.5) is 4.39 Å². The molecule has 0 aromatic heterocycles. The number of sulfonamides is 1. The second-order valence-electron chi connectivity index (χ2n) is 6.70. The zero-order chi connectivity index (χ0) is 19.3. The van der Waals surface area contributed by atoms with Crippen LogP contribution in [0.1, 0.15) is 11.1 Å². The molecular weight excluding hydrogens is 367 g/mol. The number of hydrogen-bond donors (Lipinski definition) is 0. The molecule has 3 rings (SSSR count). The fourth-order valence-electron chi connectivity index (χ4n) is 3.25. The van der Waals surface area contributed by atoms with Gasteiger partial charge in [-0.1, -0.05) is 36.4 Å². The molecule has 2 aromatic carbocycles. The summed E-state index contributed by atoms with van der Waals surface area (Å²) in [5.74, 6) is -0.0223. The summed E-state index contributed by atoms with van der Waals surface area (Å²) in [5.41, 5.74) is 1.88. The molecule has 0 bridgehead atoms. The van der Waals surface area contributed by atoms with Crippen LogP contribution in [0, 0.1) is 5.82 Å². The summed E-state index contributed by atoms with van der Waals surface area (Å²) >= 11 is 0. The average molecular weight is 392 g/mol. The van der Waals surface area contributed by atoms with Crippen LogP contribution in [-0.4, -0.2) is 56.7 Å². The minimum Gasteiger partial charge on any atom is -0.494 e.